The fraction of sp³-hybridized carbons (Fsp3) is 0.200. The number of piperidine rings is 1. The van der Waals surface area contributed by atoms with E-state index in [0.29, 0.717) is 11.7 Å². The standard InChI is InChI=1S/C30H26F2N6O/c31-25-13-23(14-26(32)15-25)29-6-7-30(39)38(36-29)18-20-2-1-3-21(12-20)28-5-4-22(16-34-28)24-17-35-37(19-24)27-8-10-33-11-9-27/h1-7,12-17,19,27,33H,8-11,18H2. The van der Waals surface area contributed by atoms with Gasteiger partial charge in [-0.25, -0.2) is 13.5 Å². The Kier molecular flexibility index (Phi) is 6.81. The van der Waals surface area contributed by atoms with Crippen LogP contribution >= 0.6 is 0 Å². The van der Waals surface area contributed by atoms with Gasteiger partial charge in [0, 0.05) is 46.8 Å². The van der Waals surface area contributed by atoms with Crippen LogP contribution in [0.4, 0.5) is 8.78 Å². The topological polar surface area (TPSA) is 77.6 Å². The Hall–Kier alpha value is -4.50. The Morgan fingerprint density at radius 2 is 1.62 bits per heavy atom. The highest BCUT2D eigenvalue weighted by Gasteiger charge is 2.16. The van der Waals surface area contributed by atoms with Crippen LogP contribution in [0.3, 0.4) is 0 Å². The molecule has 0 radical (unpaired) electrons. The van der Waals surface area contributed by atoms with Crippen molar-refractivity contribution in [1.29, 1.82) is 0 Å². The lowest BCUT2D eigenvalue weighted by molar-refractivity contribution is 0.343. The first-order valence-corrected chi connectivity index (χ1v) is 12.9. The van der Waals surface area contributed by atoms with Crippen LogP contribution in [0.15, 0.2) is 90.1 Å². The second kappa shape index (κ2) is 10.7. The van der Waals surface area contributed by atoms with Crippen molar-refractivity contribution in [2.75, 3.05) is 13.1 Å². The van der Waals surface area contributed by atoms with Crippen LogP contribution in [-0.2, 0) is 6.54 Å². The summed E-state index contributed by atoms with van der Waals surface area (Å²) in [7, 11) is 0. The van der Waals surface area contributed by atoms with Crippen molar-refractivity contribution in [1.82, 2.24) is 29.9 Å². The molecule has 39 heavy (non-hydrogen) atoms. The minimum absolute atomic E-state index is 0.201. The molecule has 0 aliphatic carbocycles. The monoisotopic (exact) mass is 524 g/mol. The molecule has 0 unspecified atom stereocenters. The normalized spacial score (nSPS) is 14.0. The van der Waals surface area contributed by atoms with Gasteiger partial charge >= 0.3 is 0 Å². The van der Waals surface area contributed by atoms with Gasteiger partial charge in [-0.15, -0.1) is 0 Å². The van der Waals surface area contributed by atoms with Gasteiger partial charge in [0.15, 0.2) is 0 Å². The molecule has 1 fully saturated rings. The van der Waals surface area contributed by atoms with Gasteiger partial charge in [-0.1, -0.05) is 24.3 Å². The summed E-state index contributed by atoms with van der Waals surface area (Å²) in [4.78, 5) is 17.2. The lowest BCUT2D eigenvalue weighted by Crippen LogP contribution is -2.29. The molecule has 7 nitrogen and oxygen atoms in total. The molecule has 2 aromatic carbocycles. The number of hydrogen-bond acceptors (Lipinski definition) is 5. The van der Waals surface area contributed by atoms with Gasteiger partial charge < -0.3 is 5.32 Å². The highest BCUT2D eigenvalue weighted by Crippen LogP contribution is 2.26. The van der Waals surface area contributed by atoms with E-state index in [4.69, 9.17) is 0 Å². The molecule has 0 saturated carbocycles. The third-order valence-corrected chi connectivity index (χ3v) is 6.96. The van der Waals surface area contributed by atoms with E-state index in [0.717, 1.165) is 59.9 Å². The van der Waals surface area contributed by atoms with Crippen molar-refractivity contribution < 1.29 is 8.78 Å². The lowest BCUT2D eigenvalue weighted by Gasteiger charge is -2.22. The Labute approximate surface area is 223 Å². The fourth-order valence-electron chi connectivity index (χ4n) is 4.91. The summed E-state index contributed by atoms with van der Waals surface area (Å²) in [6, 6.07) is 18.1. The molecule has 9 heteroatoms. The Morgan fingerprint density at radius 1 is 0.821 bits per heavy atom. The van der Waals surface area contributed by atoms with Crippen LogP contribution in [-0.4, -0.2) is 37.6 Å². The summed E-state index contributed by atoms with van der Waals surface area (Å²) < 4.78 is 30.7. The molecule has 1 saturated heterocycles. The van der Waals surface area contributed by atoms with E-state index in [1.807, 2.05) is 48.8 Å². The van der Waals surface area contributed by atoms with Crippen molar-refractivity contribution in [2.24, 2.45) is 0 Å². The van der Waals surface area contributed by atoms with Gasteiger partial charge in [-0.05, 0) is 61.8 Å². The van der Waals surface area contributed by atoms with Crippen molar-refractivity contribution in [3.05, 3.63) is 113 Å². The number of nitrogens with zero attached hydrogens (tertiary/aromatic N) is 5. The SMILES string of the molecule is O=c1ccc(-c2cc(F)cc(F)c2)nn1Cc1cccc(-c2ccc(-c3cnn(C4CCNCC4)c3)cn2)c1. The van der Waals surface area contributed by atoms with Crippen LogP contribution in [0.25, 0.3) is 33.6 Å². The lowest BCUT2D eigenvalue weighted by atomic mass is 10.1. The largest absolute Gasteiger partial charge is 0.317 e. The van der Waals surface area contributed by atoms with E-state index >= 15 is 0 Å². The van der Waals surface area contributed by atoms with Crippen molar-refractivity contribution in [3.63, 3.8) is 0 Å². The zero-order valence-electron chi connectivity index (χ0n) is 21.1. The number of nitrogens with one attached hydrogen (secondary N) is 1. The summed E-state index contributed by atoms with van der Waals surface area (Å²) >= 11 is 0. The second-order valence-corrected chi connectivity index (χ2v) is 9.70. The van der Waals surface area contributed by atoms with E-state index in [-0.39, 0.29) is 17.7 Å². The molecule has 4 heterocycles. The minimum Gasteiger partial charge on any atom is -0.317 e. The maximum absolute atomic E-state index is 13.7. The van der Waals surface area contributed by atoms with Gasteiger partial charge in [-0.3, -0.25) is 14.5 Å². The van der Waals surface area contributed by atoms with E-state index in [1.54, 1.807) is 0 Å². The average molecular weight is 525 g/mol. The minimum atomic E-state index is -0.702. The smallest absolute Gasteiger partial charge is 0.267 e. The zero-order valence-corrected chi connectivity index (χ0v) is 21.1. The fourth-order valence-corrected chi connectivity index (χ4v) is 4.91. The summed E-state index contributed by atoms with van der Waals surface area (Å²) in [6.07, 6.45) is 7.97. The van der Waals surface area contributed by atoms with Crippen molar-refractivity contribution >= 4 is 0 Å². The molecule has 0 amide bonds. The Balaban J connectivity index is 1.21. The van der Waals surface area contributed by atoms with E-state index in [2.05, 4.69) is 31.4 Å². The molecule has 0 bridgehead atoms. The summed E-state index contributed by atoms with van der Waals surface area (Å²) in [5.41, 5.74) is 4.84. The highest BCUT2D eigenvalue weighted by molar-refractivity contribution is 5.66. The average Bonchev–Trinajstić information content (AvgIpc) is 3.45. The molecule has 0 spiro atoms. The summed E-state index contributed by atoms with van der Waals surface area (Å²) in [6.45, 7) is 2.23. The first-order chi connectivity index (χ1) is 19.0. The number of rotatable bonds is 6. The first-order valence-electron chi connectivity index (χ1n) is 12.9. The van der Waals surface area contributed by atoms with Gasteiger partial charge in [0.05, 0.1) is 30.2 Å². The first kappa shape index (κ1) is 24.8. The molecule has 1 N–H and O–H groups in total. The Bertz CT molecular complexity index is 1650. The van der Waals surface area contributed by atoms with Gasteiger partial charge in [-0.2, -0.15) is 10.2 Å². The molecule has 1 aliphatic heterocycles. The maximum Gasteiger partial charge on any atom is 0.267 e. The second-order valence-electron chi connectivity index (χ2n) is 9.70. The third-order valence-electron chi connectivity index (χ3n) is 6.96. The third kappa shape index (κ3) is 5.53. The number of halogens is 2. The highest BCUT2D eigenvalue weighted by atomic mass is 19.1. The van der Waals surface area contributed by atoms with Gasteiger partial charge in [0.25, 0.3) is 5.56 Å². The van der Waals surface area contributed by atoms with E-state index in [9.17, 15) is 13.6 Å². The number of aromatic nitrogens is 5. The molecular formula is C30H26F2N6O. The number of pyridine rings is 1. The van der Waals surface area contributed by atoms with Crippen LogP contribution in [0.2, 0.25) is 0 Å². The van der Waals surface area contributed by atoms with Crippen LogP contribution in [0.1, 0.15) is 24.4 Å². The maximum atomic E-state index is 13.7. The summed E-state index contributed by atoms with van der Waals surface area (Å²) in [5, 5.41) is 12.3. The van der Waals surface area contributed by atoms with Crippen LogP contribution in [0.5, 0.6) is 0 Å². The van der Waals surface area contributed by atoms with Crippen LogP contribution < -0.4 is 10.9 Å². The van der Waals surface area contributed by atoms with Gasteiger partial charge in [0.1, 0.15) is 11.6 Å². The summed E-state index contributed by atoms with van der Waals surface area (Å²) in [5.74, 6) is -1.40. The molecule has 3 aromatic heterocycles. The Morgan fingerprint density at radius 3 is 2.38 bits per heavy atom. The molecule has 0 atom stereocenters. The molecular weight excluding hydrogens is 498 g/mol. The van der Waals surface area contributed by atoms with Crippen LogP contribution in [0, 0.1) is 11.6 Å². The number of hydrogen-bond donors (Lipinski definition) is 1. The quantitative estimate of drug-likeness (QED) is 0.335. The predicted octanol–water partition coefficient (Wildman–Crippen LogP) is 5.09. The molecule has 5 aromatic rings. The number of benzene rings is 2. The molecule has 196 valence electrons. The van der Waals surface area contributed by atoms with Crippen molar-refractivity contribution in [3.8, 4) is 33.6 Å². The van der Waals surface area contributed by atoms with E-state index in [1.165, 1.54) is 28.9 Å². The van der Waals surface area contributed by atoms with Crippen molar-refractivity contribution in [2.45, 2.75) is 25.4 Å². The molecule has 6 rings (SSSR count). The predicted molar refractivity (Wildman–Crippen MR) is 145 cm³/mol. The van der Waals surface area contributed by atoms with Gasteiger partial charge in [0.2, 0.25) is 0 Å². The zero-order chi connectivity index (χ0) is 26.8. The molecule has 1 aliphatic rings. The van der Waals surface area contributed by atoms with E-state index < -0.39 is 11.6 Å².